The van der Waals surface area contributed by atoms with Gasteiger partial charge in [-0.2, -0.15) is 8.75 Å². The van der Waals surface area contributed by atoms with E-state index < -0.39 is 0 Å². The molecular weight excluding hydrogens is 241 g/mol. The summed E-state index contributed by atoms with van der Waals surface area (Å²) in [6.07, 6.45) is 3.27. The molecule has 0 N–H and O–H groups in total. The van der Waals surface area contributed by atoms with E-state index in [4.69, 9.17) is 11.6 Å². The number of likely N-dealkylation sites (N-methyl/N-ethyl adjacent to an activating group) is 1. The molecule has 1 aromatic heterocycles. The molecule has 0 radical (unpaired) electrons. The van der Waals surface area contributed by atoms with Gasteiger partial charge in [-0.1, -0.05) is 17.7 Å². The Labute approximate surface area is 98.5 Å². The van der Waals surface area contributed by atoms with Gasteiger partial charge in [-0.3, -0.25) is 0 Å². The highest BCUT2D eigenvalue weighted by molar-refractivity contribution is 6.99. The molecule has 0 fully saturated rings. The largest absolute Gasteiger partial charge is 0.302 e. The molecule has 0 amide bonds. The molecule has 0 aliphatic carbocycles. The first-order chi connectivity index (χ1) is 6.27. The quantitative estimate of drug-likeness (QED) is 0.768. The molecule has 0 bridgehead atoms. The van der Waals surface area contributed by atoms with Crippen molar-refractivity contribution in [3.63, 3.8) is 0 Å². The van der Waals surface area contributed by atoms with Crippen LogP contribution in [-0.2, 0) is 0 Å². The number of rotatable bonds is 1. The van der Waals surface area contributed by atoms with E-state index in [9.17, 15) is 0 Å². The van der Waals surface area contributed by atoms with Crippen LogP contribution in [0.25, 0.3) is 5.57 Å². The molecular formula is C8H11Cl2N3S. The summed E-state index contributed by atoms with van der Waals surface area (Å²) in [5, 5.41) is 0.534. The van der Waals surface area contributed by atoms with Crippen molar-refractivity contribution in [3.05, 3.63) is 16.9 Å². The van der Waals surface area contributed by atoms with Crippen molar-refractivity contribution in [3.8, 4) is 0 Å². The second kappa shape index (κ2) is 5.07. The molecule has 14 heavy (non-hydrogen) atoms. The van der Waals surface area contributed by atoms with Crippen LogP contribution in [0, 0.1) is 0 Å². The van der Waals surface area contributed by atoms with Crippen molar-refractivity contribution in [2.24, 2.45) is 0 Å². The van der Waals surface area contributed by atoms with Gasteiger partial charge in [0.05, 0.1) is 11.7 Å². The van der Waals surface area contributed by atoms with Gasteiger partial charge in [0.25, 0.3) is 0 Å². The van der Waals surface area contributed by atoms with Gasteiger partial charge in [-0.15, -0.1) is 12.4 Å². The van der Waals surface area contributed by atoms with E-state index in [1.807, 2.05) is 0 Å². The summed E-state index contributed by atoms with van der Waals surface area (Å²) >= 11 is 7.07. The first kappa shape index (κ1) is 11.9. The summed E-state index contributed by atoms with van der Waals surface area (Å²) in [6.45, 7) is 2.03. The Morgan fingerprint density at radius 1 is 1.50 bits per heavy atom. The van der Waals surface area contributed by atoms with Gasteiger partial charge in [-0.25, -0.2) is 0 Å². The molecule has 0 saturated heterocycles. The third kappa shape index (κ3) is 2.45. The highest BCUT2D eigenvalue weighted by Crippen LogP contribution is 2.24. The minimum absolute atomic E-state index is 0. The fraction of sp³-hybridized carbons (Fsp3) is 0.500. The Hall–Kier alpha value is -0.160. The lowest BCUT2D eigenvalue weighted by Crippen LogP contribution is -2.25. The molecule has 6 heteroatoms. The maximum absolute atomic E-state index is 5.90. The minimum Gasteiger partial charge on any atom is -0.302 e. The van der Waals surface area contributed by atoms with Gasteiger partial charge in [0.15, 0.2) is 5.15 Å². The van der Waals surface area contributed by atoms with E-state index in [0.29, 0.717) is 5.15 Å². The Bertz CT molecular complexity index is 337. The van der Waals surface area contributed by atoms with E-state index in [-0.39, 0.29) is 12.4 Å². The number of halogens is 2. The van der Waals surface area contributed by atoms with Crippen molar-refractivity contribution >= 4 is 41.3 Å². The zero-order chi connectivity index (χ0) is 9.26. The topological polar surface area (TPSA) is 29.0 Å². The standard InChI is InChI=1S/C8H10ClN3S.ClH/c1-12-4-2-3-6(5-12)7-8(9)11-13-10-7;/h3H,2,4-5H2,1H3;1H. The van der Waals surface area contributed by atoms with Crippen LogP contribution in [0.4, 0.5) is 0 Å². The minimum atomic E-state index is 0. The SMILES string of the molecule is CN1CCC=C(c2nsnc2Cl)C1.Cl. The van der Waals surface area contributed by atoms with Crippen molar-refractivity contribution in [2.45, 2.75) is 6.42 Å². The fourth-order valence-corrected chi connectivity index (χ4v) is 2.22. The average molecular weight is 252 g/mol. The van der Waals surface area contributed by atoms with E-state index in [0.717, 1.165) is 25.2 Å². The summed E-state index contributed by atoms with van der Waals surface area (Å²) < 4.78 is 8.13. The number of nitrogens with zero attached hydrogens (tertiary/aromatic N) is 3. The van der Waals surface area contributed by atoms with Gasteiger partial charge in [0.2, 0.25) is 0 Å². The van der Waals surface area contributed by atoms with Crippen LogP contribution in [0.3, 0.4) is 0 Å². The van der Waals surface area contributed by atoms with Crippen LogP contribution in [0.2, 0.25) is 5.15 Å². The summed E-state index contributed by atoms with van der Waals surface area (Å²) in [5.74, 6) is 0. The smallest absolute Gasteiger partial charge is 0.170 e. The lowest BCUT2D eigenvalue weighted by molar-refractivity contribution is 0.372. The van der Waals surface area contributed by atoms with E-state index >= 15 is 0 Å². The molecule has 0 atom stereocenters. The normalized spacial score (nSPS) is 17.4. The molecule has 0 saturated carbocycles. The van der Waals surface area contributed by atoms with Gasteiger partial charge < -0.3 is 4.90 Å². The predicted molar refractivity (Wildman–Crippen MR) is 62.3 cm³/mol. The molecule has 0 aromatic carbocycles. The molecule has 3 nitrogen and oxygen atoms in total. The highest BCUT2D eigenvalue weighted by Gasteiger charge is 2.15. The second-order valence-electron chi connectivity index (χ2n) is 3.16. The van der Waals surface area contributed by atoms with Gasteiger partial charge in [0.1, 0.15) is 5.69 Å². The van der Waals surface area contributed by atoms with Gasteiger partial charge in [0, 0.05) is 13.1 Å². The first-order valence-electron chi connectivity index (χ1n) is 4.13. The summed E-state index contributed by atoms with van der Waals surface area (Å²) in [7, 11) is 2.10. The molecule has 1 aromatic rings. The fourth-order valence-electron chi connectivity index (χ4n) is 1.43. The lowest BCUT2D eigenvalue weighted by Gasteiger charge is -2.21. The maximum atomic E-state index is 5.90. The Kier molecular flexibility index (Phi) is 4.31. The summed E-state index contributed by atoms with van der Waals surface area (Å²) in [4.78, 5) is 2.25. The molecule has 1 aliphatic heterocycles. The van der Waals surface area contributed by atoms with Crippen molar-refractivity contribution in [2.75, 3.05) is 20.1 Å². The Morgan fingerprint density at radius 2 is 2.29 bits per heavy atom. The van der Waals surface area contributed by atoms with Crippen LogP contribution in [0.15, 0.2) is 6.08 Å². The Morgan fingerprint density at radius 3 is 2.86 bits per heavy atom. The third-order valence-corrected chi connectivity index (χ3v) is 2.99. The lowest BCUT2D eigenvalue weighted by atomic mass is 10.1. The highest BCUT2D eigenvalue weighted by atomic mass is 35.5. The number of aromatic nitrogens is 2. The van der Waals surface area contributed by atoms with Gasteiger partial charge in [-0.05, 0) is 19.0 Å². The van der Waals surface area contributed by atoms with Crippen LogP contribution >= 0.6 is 35.7 Å². The monoisotopic (exact) mass is 251 g/mol. The first-order valence-corrected chi connectivity index (χ1v) is 5.24. The van der Waals surface area contributed by atoms with Crippen molar-refractivity contribution < 1.29 is 0 Å². The maximum Gasteiger partial charge on any atom is 0.170 e. The van der Waals surface area contributed by atoms with E-state index in [1.165, 1.54) is 17.3 Å². The summed E-state index contributed by atoms with van der Waals surface area (Å²) in [5.41, 5.74) is 2.06. The molecule has 1 aliphatic rings. The number of hydrogen-bond donors (Lipinski definition) is 0. The molecule has 0 unspecified atom stereocenters. The zero-order valence-corrected chi connectivity index (χ0v) is 10.1. The van der Waals surface area contributed by atoms with E-state index in [2.05, 4.69) is 26.8 Å². The van der Waals surface area contributed by atoms with Crippen molar-refractivity contribution in [1.29, 1.82) is 0 Å². The summed E-state index contributed by atoms with van der Waals surface area (Å²) in [6, 6.07) is 0. The molecule has 0 spiro atoms. The average Bonchev–Trinajstić information content (AvgIpc) is 2.51. The van der Waals surface area contributed by atoms with Gasteiger partial charge >= 0.3 is 0 Å². The molecule has 2 rings (SSSR count). The molecule has 2 heterocycles. The van der Waals surface area contributed by atoms with Crippen LogP contribution < -0.4 is 0 Å². The Balaban J connectivity index is 0.000000980. The third-order valence-electron chi connectivity index (χ3n) is 2.09. The predicted octanol–water partition coefficient (Wildman–Crippen LogP) is 2.33. The second-order valence-corrected chi connectivity index (χ2v) is 4.05. The van der Waals surface area contributed by atoms with Crippen LogP contribution in [0.5, 0.6) is 0 Å². The molecule has 78 valence electrons. The number of hydrogen-bond acceptors (Lipinski definition) is 4. The van der Waals surface area contributed by atoms with Crippen LogP contribution in [0.1, 0.15) is 12.1 Å². The van der Waals surface area contributed by atoms with Crippen molar-refractivity contribution in [1.82, 2.24) is 13.6 Å². The zero-order valence-electron chi connectivity index (χ0n) is 7.73. The van der Waals surface area contributed by atoms with Crippen LogP contribution in [-0.4, -0.2) is 33.8 Å². The van der Waals surface area contributed by atoms with E-state index in [1.54, 1.807) is 0 Å².